The van der Waals surface area contributed by atoms with Crippen molar-refractivity contribution in [3.63, 3.8) is 0 Å². The first-order valence-electron chi connectivity index (χ1n) is 7.43. The lowest BCUT2D eigenvalue weighted by Crippen LogP contribution is -2.36. The molecule has 108 valence electrons. The van der Waals surface area contributed by atoms with Crippen LogP contribution in [0.4, 0.5) is 0 Å². The van der Waals surface area contributed by atoms with Crippen LogP contribution in [0, 0.1) is 0 Å². The van der Waals surface area contributed by atoms with Crippen molar-refractivity contribution in [2.75, 3.05) is 6.61 Å². The Hall–Kier alpha value is -0.160. The van der Waals surface area contributed by atoms with E-state index >= 15 is 0 Å². The minimum atomic E-state index is -0.829. The van der Waals surface area contributed by atoms with Gasteiger partial charge in [-0.1, -0.05) is 51.9 Å². The smallest absolute Gasteiger partial charge is 0.0989 e. The molecule has 4 atom stereocenters. The Kier molecular flexibility index (Phi) is 7.82. The molecule has 1 rings (SSSR count). The summed E-state index contributed by atoms with van der Waals surface area (Å²) in [6.45, 7) is 2.10. The van der Waals surface area contributed by atoms with E-state index in [2.05, 4.69) is 12.2 Å². The summed E-state index contributed by atoms with van der Waals surface area (Å²) in [6, 6.07) is -0.428. The van der Waals surface area contributed by atoms with Crippen LogP contribution in [-0.4, -0.2) is 46.2 Å². The first-order chi connectivity index (χ1) is 8.70. The molecule has 1 saturated heterocycles. The molecule has 4 N–H and O–H groups in total. The van der Waals surface area contributed by atoms with Crippen LogP contribution >= 0.6 is 0 Å². The van der Waals surface area contributed by atoms with Crippen molar-refractivity contribution in [2.45, 2.75) is 82.6 Å². The molecule has 0 aromatic rings. The Labute approximate surface area is 110 Å². The fourth-order valence-electron chi connectivity index (χ4n) is 2.68. The Balaban J connectivity index is 2.05. The van der Waals surface area contributed by atoms with Crippen molar-refractivity contribution in [3.05, 3.63) is 0 Å². The van der Waals surface area contributed by atoms with E-state index in [1.165, 1.54) is 38.5 Å². The van der Waals surface area contributed by atoms with E-state index in [0.29, 0.717) is 0 Å². The van der Waals surface area contributed by atoms with Gasteiger partial charge in [0.25, 0.3) is 0 Å². The van der Waals surface area contributed by atoms with Gasteiger partial charge < -0.3 is 20.6 Å². The number of aliphatic hydroxyl groups is 3. The molecule has 0 aliphatic carbocycles. The second-order valence-corrected chi connectivity index (χ2v) is 5.45. The summed E-state index contributed by atoms with van der Waals surface area (Å²) >= 11 is 0. The maximum Gasteiger partial charge on any atom is 0.0989 e. The second-order valence-electron chi connectivity index (χ2n) is 5.45. The number of hydrogen-bond acceptors (Lipinski definition) is 4. The molecule has 1 heterocycles. The van der Waals surface area contributed by atoms with Gasteiger partial charge in [0.05, 0.1) is 24.9 Å². The van der Waals surface area contributed by atoms with E-state index in [-0.39, 0.29) is 18.7 Å². The van der Waals surface area contributed by atoms with Gasteiger partial charge in [-0.25, -0.2) is 0 Å². The molecule has 18 heavy (non-hydrogen) atoms. The highest BCUT2D eigenvalue weighted by atomic mass is 16.3. The van der Waals surface area contributed by atoms with E-state index in [9.17, 15) is 10.2 Å². The van der Waals surface area contributed by atoms with Crippen LogP contribution in [0.5, 0.6) is 0 Å². The van der Waals surface area contributed by atoms with Gasteiger partial charge in [0.15, 0.2) is 0 Å². The summed E-state index contributed by atoms with van der Waals surface area (Å²) in [4.78, 5) is 0. The minimum Gasteiger partial charge on any atom is -0.395 e. The highest BCUT2D eigenvalue weighted by Gasteiger charge is 2.39. The number of rotatable bonds is 9. The van der Waals surface area contributed by atoms with Crippen molar-refractivity contribution in [3.8, 4) is 0 Å². The van der Waals surface area contributed by atoms with Gasteiger partial charge in [-0.3, -0.25) is 0 Å². The van der Waals surface area contributed by atoms with Gasteiger partial charge in [0.2, 0.25) is 0 Å². The quantitative estimate of drug-likeness (QED) is 0.469. The Morgan fingerprint density at radius 1 is 0.833 bits per heavy atom. The maximum atomic E-state index is 9.81. The third-order valence-corrected chi connectivity index (χ3v) is 3.92. The van der Waals surface area contributed by atoms with Crippen LogP contribution < -0.4 is 5.32 Å². The number of unbranched alkanes of at least 4 members (excludes halogenated alkanes) is 6. The number of nitrogens with one attached hydrogen (secondary N) is 1. The summed E-state index contributed by atoms with van der Waals surface area (Å²) in [5, 5.41) is 31.6. The van der Waals surface area contributed by atoms with Crippen LogP contribution in [0.15, 0.2) is 0 Å². The van der Waals surface area contributed by atoms with Crippen molar-refractivity contribution in [1.82, 2.24) is 5.32 Å². The summed E-state index contributed by atoms with van der Waals surface area (Å²) in [5.74, 6) is 0. The largest absolute Gasteiger partial charge is 0.395 e. The Bertz CT molecular complexity index is 213. The second kappa shape index (κ2) is 8.86. The van der Waals surface area contributed by atoms with Crippen LogP contribution in [0.25, 0.3) is 0 Å². The molecular weight excluding hydrogens is 230 g/mol. The molecule has 0 unspecified atom stereocenters. The zero-order valence-electron chi connectivity index (χ0n) is 11.5. The summed E-state index contributed by atoms with van der Waals surface area (Å²) in [7, 11) is 0. The topological polar surface area (TPSA) is 72.7 Å². The van der Waals surface area contributed by atoms with Crippen molar-refractivity contribution in [1.29, 1.82) is 0 Å². The predicted octanol–water partition coefficient (Wildman–Crippen LogP) is 1.18. The van der Waals surface area contributed by atoms with E-state index in [4.69, 9.17) is 5.11 Å². The molecule has 1 aliphatic rings. The zero-order valence-corrected chi connectivity index (χ0v) is 11.5. The SMILES string of the molecule is CCCCCCCCC[C@H]1N[C@@H](CO)[C@H](O)[C@H]1O. The van der Waals surface area contributed by atoms with Gasteiger partial charge in [0.1, 0.15) is 0 Å². The lowest BCUT2D eigenvalue weighted by atomic mass is 10.0. The molecule has 4 heteroatoms. The van der Waals surface area contributed by atoms with Crippen LogP contribution in [0.2, 0.25) is 0 Å². The summed E-state index contributed by atoms with van der Waals surface area (Å²) < 4.78 is 0. The monoisotopic (exact) mass is 259 g/mol. The molecule has 0 aromatic heterocycles. The molecule has 0 spiro atoms. The highest BCUT2D eigenvalue weighted by Crippen LogP contribution is 2.19. The first-order valence-corrected chi connectivity index (χ1v) is 7.43. The van der Waals surface area contributed by atoms with Gasteiger partial charge in [0, 0.05) is 6.04 Å². The molecule has 1 fully saturated rings. The van der Waals surface area contributed by atoms with E-state index in [0.717, 1.165) is 12.8 Å². The summed E-state index contributed by atoms with van der Waals surface area (Å²) in [6.07, 6.45) is 8.07. The van der Waals surface area contributed by atoms with Crippen molar-refractivity contribution in [2.24, 2.45) is 0 Å². The molecule has 0 bridgehead atoms. The molecule has 0 radical (unpaired) electrons. The van der Waals surface area contributed by atoms with Crippen molar-refractivity contribution >= 4 is 0 Å². The van der Waals surface area contributed by atoms with Gasteiger partial charge in [-0.15, -0.1) is 0 Å². The lowest BCUT2D eigenvalue weighted by Gasteiger charge is -2.15. The fraction of sp³-hybridized carbons (Fsp3) is 1.00. The molecule has 0 aromatic carbocycles. The zero-order chi connectivity index (χ0) is 13.4. The highest BCUT2D eigenvalue weighted by molar-refractivity contribution is 4.97. The van der Waals surface area contributed by atoms with Crippen LogP contribution in [-0.2, 0) is 0 Å². The molecule has 1 aliphatic heterocycles. The number of hydrogen-bond donors (Lipinski definition) is 4. The van der Waals surface area contributed by atoms with Crippen molar-refractivity contribution < 1.29 is 15.3 Å². The number of aliphatic hydroxyl groups excluding tert-OH is 3. The van der Waals surface area contributed by atoms with E-state index in [1.54, 1.807) is 0 Å². The Morgan fingerprint density at radius 3 is 1.94 bits per heavy atom. The predicted molar refractivity (Wildman–Crippen MR) is 72.4 cm³/mol. The molecular formula is C14H29NO3. The average molecular weight is 259 g/mol. The standard InChI is InChI=1S/C14H29NO3/c1-2-3-4-5-6-7-8-9-11-13(17)14(18)12(10-16)15-11/h11-18H,2-10H2,1H3/t11-,12+,13+,14+/m1/s1. The first kappa shape index (κ1) is 15.9. The van der Waals surface area contributed by atoms with E-state index < -0.39 is 12.2 Å². The normalized spacial score (nSPS) is 32.0. The minimum absolute atomic E-state index is 0.0622. The maximum absolute atomic E-state index is 9.81. The molecule has 0 amide bonds. The third-order valence-electron chi connectivity index (χ3n) is 3.92. The summed E-state index contributed by atoms with van der Waals surface area (Å²) in [5.41, 5.74) is 0. The van der Waals surface area contributed by atoms with Gasteiger partial charge >= 0.3 is 0 Å². The fourth-order valence-corrected chi connectivity index (χ4v) is 2.68. The third kappa shape index (κ3) is 4.84. The van der Waals surface area contributed by atoms with Gasteiger partial charge in [-0.2, -0.15) is 0 Å². The van der Waals surface area contributed by atoms with E-state index in [1.807, 2.05) is 0 Å². The van der Waals surface area contributed by atoms with Crippen LogP contribution in [0.1, 0.15) is 58.3 Å². The lowest BCUT2D eigenvalue weighted by molar-refractivity contribution is 0.0186. The molecule has 0 saturated carbocycles. The molecule has 4 nitrogen and oxygen atoms in total. The Morgan fingerprint density at radius 2 is 1.39 bits per heavy atom. The average Bonchev–Trinajstić information content (AvgIpc) is 2.65. The van der Waals surface area contributed by atoms with Crippen LogP contribution in [0.3, 0.4) is 0 Å². The van der Waals surface area contributed by atoms with Gasteiger partial charge in [-0.05, 0) is 6.42 Å².